The molecule has 2 aromatic rings. The molecule has 2 heterocycles. The van der Waals surface area contributed by atoms with Gasteiger partial charge >= 0.3 is 6.18 Å². The first kappa shape index (κ1) is 22.6. The number of benzene rings is 1. The SMILES string of the molecule is Cc1n[nH]c(C)c1S(=O)(=O)N1CC(C)(C)C(Oc2ccc(C#N)c(C(F)(F)F)c2)C1=O. The van der Waals surface area contributed by atoms with Crippen molar-refractivity contribution in [3.63, 3.8) is 0 Å². The third-order valence-corrected chi connectivity index (χ3v) is 7.02. The van der Waals surface area contributed by atoms with Crippen molar-refractivity contribution >= 4 is 15.9 Å². The topological polar surface area (TPSA) is 116 Å². The quantitative estimate of drug-likeness (QED) is 0.756. The molecule has 31 heavy (non-hydrogen) atoms. The van der Waals surface area contributed by atoms with Gasteiger partial charge in [0, 0.05) is 12.0 Å². The minimum absolute atomic E-state index is 0.130. The Balaban J connectivity index is 1.98. The maximum atomic E-state index is 13.2. The number of carbonyl (C=O) groups is 1. The molecule has 1 aromatic carbocycles. The molecule has 0 radical (unpaired) electrons. The van der Waals surface area contributed by atoms with Crippen LogP contribution in [-0.4, -0.2) is 41.5 Å². The van der Waals surface area contributed by atoms with Crippen LogP contribution in [0.1, 0.15) is 36.4 Å². The molecule has 0 spiro atoms. The van der Waals surface area contributed by atoms with Gasteiger partial charge in [-0.05, 0) is 32.0 Å². The lowest BCUT2D eigenvalue weighted by Crippen LogP contribution is -2.38. The number of nitrogens with zero attached hydrogens (tertiary/aromatic N) is 3. The lowest BCUT2D eigenvalue weighted by molar-refractivity contribution is -0.137. The normalized spacial score (nSPS) is 18.8. The van der Waals surface area contributed by atoms with Gasteiger partial charge in [-0.3, -0.25) is 9.89 Å². The van der Waals surface area contributed by atoms with E-state index in [1.54, 1.807) is 13.8 Å². The fourth-order valence-corrected chi connectivity index (χ4v) is 5.41. The second-order valence-corrected chi connectivity index (χ2v) is 9.72. The van der Waals surface area contributed by atoms with Crippen molar-refractivity contribution in [2.75, 3.05) is 6.54 Å². The Kier molecular flexibility index (Phi) is 5.30. The molecular weight excluding hydrogens is 437 g/mol. The van der Waals surface area contributed by atoms with E-state index in [0.29, 0.717) is 10.4 Å². The van der Waals surface area contributed by atoms with Crippen molar-refractivity contribution in [2.45, 2.75) is 44.9 Å². The van der Waals surface area contributed by atoms with Crippen LogP contribution in [-0.2, 0) is 21.0 Å². The van der Waals surface area contributed by atoms with Crippen LogP contribution in [0.15, 0.2) is 23.1 Å². The van der Waals surface area contributed by atoms with Gasteiger partial charge in [0.25, 0.3) is 15.9 Å². The summed E-state index contributed by atoms with van der Waals surface area (Å²) < 4.78 is 72.1. The highest BCUT2D eigenvalue weighted by molar-refractivity contribution is 7.89. The molecular formula is C19H19F3N4O4S. The average Bonchev–Trinajstić information content (AvgIpc) is 3.12. The number of H-pyrrole nitrogens is 1. The predicted molar refractivity (Wildman–Crippen MR) is 101 cm³/mol. The number of hydrogen-bond acceptors (Lipinski definition) is 6. The van der Waals surface area contributed by atoms with E-state index >= 15 is 0 Å². The van der Waals surface area contributed by atoms with Crippen LogP contribution in [0.5, 0.6) is 5.75 Å². The van der Waals surface area contributed by atoms with Gasteiger partial charge in [-0.15, -0.1) is 0 Å². The molecule has 3 rings (SSSR count). The number of sulfonamides is 1. The van der Waals surface area contributed by atoms with E-state index in [4.69, 9.17) is 10.00 Å². The highest BCUT2D eigenvalue weighted by atomic mass is 32.2. The summed E-state index contributed by atoms with van der Waals surface area (Å²) >= 11 is 0. The molecule has 12 heteroatoms. The summed E-state index contributed by atoms with van der Waals surface area (Å²) in [6.45, 7) is 5.90. The van der Waals surface area contributed by atoms with Crippen molar-refractivity contribution < 1.29 is 31.1 Å². The van der Waals surface area contributed by atoms with Crippen LogP contribution in [0.25, 0.3) is 0 Å². The summed E-state index contributed by atoms with van der Waals surface area (Å²) in [5.74, 6) is -1.20. The van der Waals surface area contributed by atoms with Gasteiger partial charge in [0.2, 0.25) is 0 Å². The molecule has 0 bridgehead atoms. The van der Waals surface area contributed by atoms with Crippen molar-refractivity contribution in [3.05, 3.63) is 40.7 Å². The maximum Gasteiger partial charge on any atom is 0.417 e. The van der Waals surface area contributed by atoms with Gasteiger partial charge in [0.05, 0.1) is 28.6 Å². The largest absolute Gasteiger partial charge is 0.480 e. The second-order valence-electron chi connectivity index (χ2n) is 7.92. The smallest absolute Gasteiger partial charge is 0.417 e. The Labute approximate surface area is 176 Å². The number of hydrogen-bond donors (Lipinski definition) is 1. The Hall–Kier alpha value is -3.07. The molecule has 1 unspecified atom stereocenters. The molecule has 1 N–H and O–H groups in total. The third-order valence-electron chi connectivity index (χ3n) is 5.01. The number of rotatable bonds is 4. The second kappa shape index (κ2) is 7.26. The van der Waals surface area contributed by atoms with E-state index in [1.807, 2.05) is 0 Å². The number of aryl methyl sites for hydroxylation is 2. The molecule has 1 saturated heterocycles. The number of aromatic amines is 1. The Morgan fingerprint density at radius 1 is 1.32 bits per heavy atom. The maximum absolute atomic E-state index is 13.2. The molecule has 166 valence electrons. The first-order valence-corrected chi connectivity index (χ1v) is 10.5. The van der Waals surface area contributed by atoms with Gasteiger partial charge in [0.1, 0.15) is 10.6 Å². The van der Waals surface area contributed by atoms with Crippen LogP contribution < -0.4 is 4.74 Å². The summed E-state index contributed by atoms with van der Waals surface area (Å²) in [6.07, 6.45) is -6.16. The monoisotopic (exact) mass is 456 g/mol. The number of halogens is 3. The summed E-state index contributed by atoms with van der Waals surface area (Å²) in [5, 5.41) is 15.3. The Bertz CT molecular complexity index is 1180. The molecule has 1 aliphatic rings. The molecule has 8 nitrogen and oxygen atoms in total. The zero-order chi connectivity index (χ0) is 23.4. The van der Waals surface area contributed by atoms with Crippen LogP contribution in [0, 0.1) is 30.6 Å². The van der Waals surface area contributed by atoms with Crippen LogP contribution in [0.3, 0.4) is 0 Å². The van der Waals surface area contributed by atoms with Gasteiger partial charge in [-0.25, -0.2) is 12.7 Å². The van der Waals surface area contributed by atoms with E-state index in [-0.39, 0.29) is 28.6 Å². The van der Waals surface area contributed by atoms with E-state index < -0.39 is 44.8 Å². The number of ether oxygens (including phenoxy) is 1. The van der Waals surface area contributed by atoms with Gasteiger partial charge in [0.15, 0.2) is 6.10 Å². The van der Waals surface area contributed by atoms with E-state index in [1.165, 1.54) is 19.9 Å². The highest BCUT2D eigenvalue weighted by Crippen LogP contribution is 2.39. The van der Waals surface area contributed by atoms with E-state index in [2.05, 4.69) is 10.2 Å². The molecule has 1 aromatic heterocycles. The molecule has 1 aliphatic heterocycles. The number of aromatic nitrogens is 2. The van der Waals surface area contributed by atoms with Crippen molar-refractivity contribution in [2.24, 2.45) is 5.41 Å². The van der Waals surface area contributed by atoms with Crippen LogP contribution >= 0.6 is 0 Å². The summed E-state index contributed by atoms with van der Waals surface area (Å²) in [4.78, 5) is 12.9. The number of carbonyl (C=O) groups excluding carboxylic acids is 1. The van der Waals surface area contributed by atoms with Crippen molar-refractivity contribution in [1.29, 1.82) is 5.26 Å². The first-order valence-electron chi connectivity index (χ1n) is 9.06. The zero-order valence-corrected chi connectivity index (χ0v) is 17.8. The van der Waals surface area contributed by atoms with Gasteiger partial charge in [-0.2, -0.15) is 23.5 Å². The minimum atomic E-state index is -4.80. The zero-order valence-electron chi connectivity index (χ0n) is 17.0. The predicted octanol–water partition coefficient (Wildman–Crippen LogP) is 2.92. The first-order chi connectivity index (χ1) is 14.2. The average molecular weight is 456 g/mol. The molecule has 1 atom stereocenters. The fourth-order valence-electron chi connectivity index (χ4n) is 3.51. The molecule has 0 saturated carbocycles. The van der Waals surface area contributed by atoms with E-state index in [9.17, 15) is 26.4 Å². The number of nitrogens with one attached hydrogen (secondary N) is 1. The van der Waals surface area contributed by atoms with Crippen LogP contribution in [0.4, 0.5) is 13.2 Å². The van der Waals surface area contributed by atoms with Crippen LogP contribution in [0.2, 0.25) is 0 Å². The number of nitriles is 1. The van der Waals surface area contributed by atoms with E-state index in [0.717, 1.165) is 12.1 Å². The summed E-state index contributed by atoms with van der Waals surface area (Å²) in [5.41, 5.74) is -2.39. The Morgan fingerprint density at radius 2 is 1.97 bits per heavy atom. The standard InChI is InChI=1S/C19H19F3N4O4S/c1-10-15(11(2)25-24-10)31(28,29)26-9-18(3,4)16(17(26)27)30-13-6-5-12(8-23)14(7-13)19(20,21)22/h5-7,16H,9H2,1-4H3,(H,24,25). The van der Waals surface area contributed by atoms with Crippen molar-refractivity contribution in [3.8, 4) is 11.8 Å². The number of alkyl halides is 3. The number of amides is 1. The molecule has 1 amide bonds. The van der Waals surface area contributed by atoms with Gasteiger partial charge < -0.3 is 4.74 Å². The third kappa shape index (κ3) is 3.85. The Morgan fingerprint density at radius 3 is 2.48 bits per heavy atom. The molecule has 1 fully saturated rings. The van der Waals surface area contributed by atoms with Crippen molar-refractivity contribution in [1.82, 2.24) is 14.5 Å². The molecule has 0 aliphatic carbocycles. The fraction of sp³-hybridized carbons (Fsp3) is 0.421. The minimum Gasteiger partial charge on any atom is -0.480 e. The summed E-state index contributed by atoms with van der Waals surface area (Å²) in [6, 6.07) is 4.17. The summed E-state index contributed by atoms with van der Waals surface area (Å²) in [7, 11) is -4.26. The lowest BCUT2D eigenvalue weighted by atomic mass is 9.89. The lowest BCUT2D eigenvalue weighted by Gasteiger charge is -2.24. The highest BCUT2D eigenvalue weighted by Gasteiger charge is 2.53. The van der Waals surface area contributed by atoms with Gasteiger partial charge in [-0.1, -0.05) is 13.8 Å².